The summed E-state index contributed by atoms with van der Waals surface area (Å²) in [6, 6.07) is 8.06. The molecule has 3 N–H and O–H groups in total. The summed E-state index contributed by atoms with van der Waals surface area (Å²) in [4.78, 5) is 28.5. The van der Waals surface area contributed by atoms with Crippen molar-refractivity contribution in [1.82, 2.24) is 4.98 Å². The maximum absolute atomic E-state index is 13.7. The summed E-state index contributed by atoms with van der Waals surface area (Å²) in [5, 5.41) is 15.0. The topological polar surface area (TPSA) is 91.3 Å². The zero-order valence-electron chi connectivity index (χ0n) is 15.0. The van der Waals surface area contributed by atoms with Gasteiger partial charge in [0.15, 0.2) is 0 Å². The number of aromatic nitrogens is 1. The minimum Gasteiger partial charge on any atom is -0.506 e. The third kappa shape index (κ3) is 4.67. The van der Waals surface area contributed by atoms with Gasteiger partial charge in [0.05, 0.1) is 27.5 Å². The number of amides is 2. The molecule has 3 aromatic rings. The number of anilines is 2. The van der Waals surface area contributed by atoms with Crippen LogP contribution in [0.2, 0.25) is 5.02 Å². The van der Waals surface area contributed by atoms with Gasteiger partial charge in [0, 0.05) is 24.0 Å². The minimum atomic E-state index is -1.04. The van der Waals surface area contributed by atoms with Gasteiger partial charge < -0.3 is 15.7 Å². The van der Waals surface area contributed by atoms with Crippen LogP contribution in [0.5, 0.6) is 5.75 Å². The molecule has 2 amide bonds. The number of carbonyl (C=O) groups is 2. The number of nitrogens with zero attached hydrogens (tertiary/aromatic N) is 1. The quantitative estimate of drug-likeness (QED) is 0.544. The molecule has 2 aromatic carbocycles. The fourth-order valence-corrected chi connectivity index (χ4v) is 2.63. The van der Waals surface area contributed by atoms with Gasteiger partial charge in [-0.2, -0.15) is 0 Å². The van der Waals surface area contributed by atoms with Crippen molar-refractivity contribution in [2.45, 2.75) is 6.92 Å². The van der Waals surface area contributed by atoms with E-state index in [1.807, 2.05) is 0 Å². The van der Waals surface area contributed by atoms with Crippen LogP contribution in [-0.4, -0.2) is 21.9 Å². The van der Waals surface area contributed by atoms with Crippen LogP contribution in [0, 0.1) is 18.6 Å². The Morgan fingerprint density at radius 1 is 1.00 bits per heavy atom. The highest BCUT2D eigenvalue weighted by molar-refractivity contribution is 6.34. The van der Waals surface area contributed by atoms with E-state index in [1.165, 1.54) is 12.3 Å². The fraction of sp³-hybridized carbons (Fsp3) is 0.0500. The highest BCUT2D eigenvalue weighted by atomic mass is 35.5. The van der Waals surface area contributed by atoms with Gasteiger partial charge in [-0.3, -0.25) is 14.6 Å². The largest absolute Gasteiger partial charge is 0.506 e. The van der Waals surface area contributed by atoms with Crippen molar-refractivity contribution < 1.29 is 23.5 Å². The summed E-state index contributed by atoms with van der Waals surface area (Å²) in [6.45, 7) is 1.78. The normalized spacial score (nSPS) is 10.5. The van der Waals surface area contributed by atoms with Crippen molar-refractivity contribution in [3.8, 4) is 5.75 Å². The van der Waals surface area contributed by atoms with Gasteiger partial charge in [-0.25, -0.2) is 8.78 Å². The first-order valence-electron chi connectivity index (χ1n) is 8.27. The van der Waals surface area contributed by atoms with E-state index in [0.717, 1.165) is 23.9 Å². The number of carbonyl (C=O) groups excluding carboxylic acids is 2. The Morgan fingerprint density at radius 2 is 1.72 bits per heavy atom. The van der Waals surface area contributed by atoms with Crippen molar-refractivity contribution in [1.29, 1.82) is 0 Å². The SMILES string of the molecule is Cc1ccc(C(=O)Nc2cc(Cl)c(NC(=O)c3ccc(F)cc3F)cc2O)cn1. The lowest BCUT2D eigenvalue weighted by atomic mass is 10.1. The smallest absolute Gasteiger partial charge is 0.258 e. The van der Waals surface area contributed by atoms with Gasteiger partial charge in [-0.05, 0) is 37.3 Å². The van der Waals surface area contributed by atoms with Crippen LogP contribution < -0.4 is 10.6 Å². The molecule has 1 heterocycles. The second-order valence-corrected chi connectivity index (χ2v) is 6.48. The van der Waals surface area contributed by atoms with E-state index in [4.69, 9.17) is 11.6 Å². The predicted molar refractivity (Wildman–Crippen MR) is 104 cm³/mol. The Bertz CT molecular complexity index is 1100. The van der Waals surface area contributed by atoms with Gasteiger partial charge in [0.25, 0.3) is 11.8 Å². The molecule has 148 valence electrons. The minimum absolute atomic E-state index is 0.00605. The summed E-state index contributed by atoms with van der Waals surface area (Å²) in [5.74, 6) is -3.64. The molecule has 0 aliphatic carbocycles. The summed E-state index contributed by atoms with van der Waals surface area (Å²) < 4.78 is 26.7. The Labute approximate surface area is 169 Å². The standard InChI is InChI=1S/C20H14ClF2N3O3/c1-10-2-3-11(9-24-10)19(28)26-17-7-14(21)16(8-18(17)27)25-20(29)13-5-4-12(22)6-15(13)23/h2-9,27H,1H3,(H,25,29)(H,26,28). The number of hydrogen-bond donors (Lipinski definition) is 3. The molecule has 0 spiro atoms. The number of nitrogens with one attached hydrogen (secondary N) is 2. The third-order valence-corrected chi connectivity index (χ3v) is 4.24. The zero-order valence-corrected chi connectivity index (χ0v) is 15.7. The summed E-state index contributed by atoms with van der Waals surface area (Å²) in [7, 11) is 0. The van der Waals surface area contributed by atoms with Crippen LogP contribution in [0.1, 0.15) is 26.4 Å². The number of hydrogen-bond acceptors (Lipinski definition) is 4. The first-order chi connectivity index (χ1) is 13.7. The molecule has 29 heavy (non-hydrogen) atoms. The summed E-state index contributed by atoms with van der Waals surface area (Å²) in [6.07, 6.45) is 1.38. The summed E-state index contributed by atoms with van der Waals surface area (Å²) >= 11 is 6.10. The Hall–Kier alpha value is -3.52. The molecule has 0 aliphatic rings. The Kier molecular flexibility index (Phi) is 5.74. The number of aromatic hydroxyl groups is 1. The van der Waals surface area contributed by atoms with E-state index in [2.05, 4.69) is 15.6 Å². The third-order valence-electron chi connectivity index (χ3n) is 3.93. The molecule has 1 aromatic heterocycles. The van der Waals surface area contributed by atoms with Crippen LogP contribution in [0.25, 0.3) is 0 Å². The van der Waals surface area contributed by atoms with E-state index in [-0.39, 0.29) is 27.7 Å². The maximum atomic E-state index is 13.7. The Morgan fingerprint density at radius 3 is 2.38 bits per heavy atom. The first-order valence-corrected chi connectivity index (χ1v) is 8.65. The molecule has 0 atom stereocenters. The van der Waals surface area contributed by atoms with E-state index in [1.54, 1.807) is 19.1 Å². The highest BCUT2D eigenvalue weighted by Crippen LogP contribution is 2.34. The molecule has 9 heteroatoms. The molecule has 0 bridgehead atoms. The van der Waals surface area contributed by atoms with Crippen LogP contribution >= 0.6 is 11.6 Å². The summed E-state index contributed by atoms with van der Waals surface area (Å²) in [5.41, 5.74) is 0.603. The van der Waals surface area contributed by atoms with Crippen molar-refractivity contribution in [2.75, 3.05) is 10.6 Å². The zero-order chi connectivity index (χ0) is 21.1. The van der Waals surface area contributed by atoms with Crippen molar-refractivity contribution in [3.63, 3.8) is 0 Å². The number of benzene rings is 2. The lowest BCUT2D eigenvalue weighted by Gasteiger charge is -2.12. The molecule has 0 aliphatic heterocycles. The molecule has 0 fully saturated rings. The van der Waals surface area contributed by atoms with Gasteiger partial charge in [0.2, 0.25) is 0 Å². The molecule has 0 saturated carbocycles. The van der Waals surface area contributed by atoms with E-state index in [0.29, 0.717) is 6.07 Å². The van der Waals surface area contributed by atoms with Crippen LogP contribution in [0.4, 0.5) is 20.2 Å². The lowest BCUT2D eigenvalue weighted by molar-refractivity contribution is 0.101. The molecule has 0 saturated heterocycles. The molecule has 3 rings (SSSR count). The van der Waals surface area contributed by atoms with Crippen molar-refractivity contribution in [3.05, 3.63) is 82.1 Å². The second-order valence-electron chi connectivity index (χ2n) is 6.07. The van der Waals surface area contributed by atoms with E-state index >= 15 is 0 Å². The number of halogens is 3. The van der Waals surface area contributed by atoms with Crippen molar-refractivity contribution in [2.24, 2.45) is 0 Å². The molecule has 0 unspecified atom stereocenters. The van der Waals surface area contributed by atoms with Gasteiger partial charge in [0.1, 0.15) is 17.4 Å². The lowest BCUT2D eigenvalue weighted by Crippen LogP contribution is -2.15. The van der Waals surface area contributed by atoms with Crippen LogP contribution in [0.3, 0.4) is 0 Å². The number of aryl methyl sites for hydroxylation is 1. The monoisotopic (exact) mass is 417 g/mol. The maximum Gasteiger partial charge on any atom is 0.258 e. The van der Waals surface area contributed by atoms with Crippen molar-refractivity contribution >= 4 is 34.8 Å². The molecule has 6 nitrogen and oxygen atoms in total. The number of phenols is 1. The fourth-order valence-electron chi connectivity index (χ4n) is 2.42. The van der Waals surface area contributed by atoms with Gasteiger partial charge in [-0.15, -0.1) is 0 Å². The van der Waals surface area contributed by atoms with Crippen LogP contribution in [-0.2, 0) is 0 Å². The number of phenolic OH excluding ortho intramolecular Hbond substituents is 1. The van der Waals surface area contributed by atoms with Gasteiger partial charge >= 0.3 is 0 Å². The Balaban J connectivity index is 1.79. The van der Waals surface area contributed by atoms with E-state index in [9.17, 15) is 23.5 Å². The molecular formula is C20H14ClF2N3O3. The first kappa shape index (κ1) is 20.2. The van der Waals surface area contributed by atoms with Crippen LogP contribution in [0.15, 0.2) is 48.7 Å². The molecular weight excluding hydrogens is 404 g/mol. The average Bonchev–Trinajstić information content (AvgIpc) is 2.66. The number of rotatable bonds is 4. The molecule has 0 radical (unpaired) electrons. The average molecular weight is 418 g/mol. The van der Waals surface area contributed by atoms with Gasteiger partial charge in [-0.1, -0.05) is 11.6 Å². The number of pyridine rings is 1. The predicted octanol–water partition coefficient (Wildman–Crippen LogP) is 4.53. The van der Waals surface area contributed by atoms with E-state index < -0.39 is 29.0 Å². The second kappa shape index (κ2) is 8.24. The highest BCUT2D eigenvalue weighted by Gasteiger charge is 2.17.